The Kier molecular flexibility index (Phi) is 3.62. The molecule has 6 heteroatoms. The molecule has 19 heavy (non-hydrogen) atoms. The molecule has 0 aliphatic rings. The van der Waals surface area contributed by atoms with Crippen LogP contribution in [-0.2, 0) is 5.41 Å². The van der Waals surface area contributed by atoms with E-state index in [0.29, 0.717) is 12.2 Å². The molecule has 0 aliphatic carbocycles. The lowest BCUT2D eigenvalue weighted by atomic mass is 9.85. The molecule has 0 saturated heterocycles. The monoisotopic (exact) mass is 259 g/mol. The van der Waals surface area contributed by atoms with Crippen molar-refractivity contribution in [2.24, 2.45) is 5.73 Å². The van der Waals surface area contributed by atoms with Gasteiger partial charge in [0, 0.05) is 17.6 Å². The van der Waals surface area contributed by atoms with Gasteiger partial charge in [0.2, 0.25) is 0 Å². The van der Waals surface area contributed by atoms with Crippen LogP contribution in [0.5, 0.6) is 0 Å². The van der Waals surface area contributed by atoms with Gasteiger partial charge in [0.05, 0.1) is 6.20 Å². The van der Waals surface area contributed by atoms with Crippen LogP contribution in [0.15, 0.2) is 30.5 Å². The molecule has 2 aromatic rings. The van der Waals surface area contributed by atoms with E-state index in [1.54, 1.807) is 0 Å². The van der Waals surface area contributed by atoms with Crippen LogP contribution in [-0.4, -0.2) is 27.9 Å². The van der Waals surface area contributed by atoms with Crippen molar-refractivity contribution in [3.05, 3.63) is 41.7 Å². The first kappa shape index (κ1) is 13.2. The number of nitrogens with two attached hydrogens (primary N) is 1. The maximum Gasteiger partial charge on any atom is 0.277 e. The number of rotatable bonds is 4. The fourth-order valence-electron chi connectivity index (χ4n) is 1.63. The lowest BCUT2D eigenvalue weighted by molar-refractivity contribution is 0.102. The zero-order valence-electron chi connectivity index (χ0n) is 11.0. The number of anilines is 1. The summed E-state index contributed by atoms with van der Waals surface area (Å²) < 4.78 is 0. The Morgan fingerprint density at radius 1 is 1.37 bits per heavy atom. The van der Waals surface area contributed by atoms with Gasteiger partial charge in [-0.2, -0.15) is 15.4 Å². The first-order valence-electron chi connectivity index (χ1n) is 6.00. The number of aromatic amines is 1. The number of H-pyrrole nitrogens is 1. The van der Waals surface area contributed by atoms with Crippen molar-refractivity contribution in [1.82, 2.24) is 15.4 Å². The largest absolute Gasteiger partial charge is 0.330 e. The third kappa shape index (κ3) is 2.97. The minimum atomic E-state index is -0.292. The van der Waals surface area contributed by atoms with E-state index in [-0.39, 0.29) is 17.0 Å². The third-order valence-corrected chi connectivity index (χ3v) is 3.08. The van der Waals surface area contributed by atoms with E-state index in [0.717, 1.165) is 5.56 Å². The molecular weight excluding hydrogens is 242 g/mol. The summed E-state index contributed by atoms with van der Waals surface area (Å²) in [5, 5.41) is 12.5. The van der Waals surface area contributed by atoms with Crippen molar-refractivity contribution in [2.75, 3.05) is 11.9 Å². The van der Waals surface area contributed by atoms with E-state index in [1.165, 1.54) is 6.20 Å². The highest BCUT2D eigenvalue weighted by Crippen LogP contribution is 2.23. The second-order valence-electron chi connectivity index (χ2n) is 4.97. The Hall–Kier alpha value is -2.21. The Bertz CT molecular complexity index is 545. The molecule has 4 N–H and O–H groups in total. The highest BCUT2D eigenvalue weighted by atomic mass is 16.2. The number of hydrogen-bond donors (Lipinski definition) is 3. The number of carbonyl (C=O) groups excluding carboxylic acids is 1. The van der Waals surface area contributed by atoms with Crippen molar-refractivity contribution in [3.8, 4) is 0 Å². The lowest BCUT2D eigenvalue weighted by Crippen LogP contribution is -2.27. The number of benzene rings is 1. The maximum absolute atomic E-state index is 11.8. The van der Waals surface area contributed by atoms with Crippen LogP contribution < -0.4 is 11.1 Å². The molecular formula is C13H17N5O. The number of aromatic nitrogens is 3. The minimum Gasteiger partial charge on any atom is -0.330 e. The number of hydrogen-bond acceptors (Lipinski definition) is 4. The summed E-state index contributed by atoms with van der Waals surface area (Å²) in [6.45, 7) is 4.73. The molecule has 100 valence electrons. The molecule has 1 aromatic carbocycles. The molecule has 0 saturated carbocycles. The first-order chi connectivity index (χ1) is 9.03. The highest BCUT2D eigenvalue weighted by Gasteiger charge is 2.18. The van der Waals surface area contributed by atoms with Crippen LogP contribution in [0.2, 0.25) is 0 Å². The second-order valence-corrected chi connectivity index (χ2v) is 4.97. The normalized spacial score (nSPS) is 11.3. The summed E-state index contributed by atoms with van der Waals surface area (Å²) in [6, 6.07) is 7.63. The SMILES string of the molecule is CC(C)(CN)c1ccc(NC(=O)c2cn[nH]n2)cc1. The van der Waals surface area contributed by atoms with Gasteiger partial charge in [0.15, 0.2) is 5.69 Å². The molecule has 1 amide bonds. The highest BCUT2D eigenvalue weighted by molar-refractivity contribution is 6.02. The number of nitrogens with zero attached hydrogens (tertiary/aromatic N) is 2. The molecule has 0 fully saturated rings. The Morgan fingerprint density at radius 2 is 2.05 bits per heavy atom. The van der Waals surface area contributed by atoms with Gasteiger partial charge in [-0.05, 0) is 17.7 Å². The van der Waals surface area contributed by atoms with Gasteiger partial charge in [-0.1, -0.05) is 26.0 Å². The van der Waals surface area contributed by atoms with Gasteiger partial charge in [0.25, 0.3) is 5.91 Å². The van der Waals surface area contributed by atoms with E-state index >= 15 is 0 Å². The zero-order chi connectivity index (χ0) is 13.9. The molecule has 0 aliphatic heterocycles. The summed E-state index contributed by atoms with van der Waals surface area (Å²) in [5.41, 5.74) is 7.76. The molecule has 0 radical (unpaired) electrons. The molecule has 1 heterocycles. The van der Waals surface area contributed by atoms with E-state index in [1.807, 2.05) is 24.3 Å². The summed E-state index contributed by atoms with van der Waals surface area (Å²) in [5.74, 6) is -0.292. The first-order valence-corrected chi connectivity index (χ1v) is 6.00. The van der Waals surface area contributed by atoms with Gasteiger partial charge < -0.3 is 11.1 Å². The van der Waals surface area contributed by atoms with Crippen molar-refractivity contribution in [2.45, 2.75) is 19.3 Å². The smallest absolute Gasteiger partial charge is 0.277 e. The molecule has 2 rings (SSSR count). The molecule has 0 atom stereocenters. The molecule has 6 nitrogen and oxygen atoms in total. The number of carbonyl (C=O) groups is 1. The summed E-state index contributed by atoms with van der Waals surface area (Å²) in [7, 11) is 0. The quantitative estimate of drug-likeness (QED) is 0.770. The van der Waals surface area contributed by atoms with Crippen LogP contribution in [0.4, 0.5) is 5.69 Å². The third-order valence-electron chi connectivity index (χ3n) is 3.08. The molecule has 0 spiro atoms. The second kappa shape index (κ2) is 5.19. The standard InChI is InChI=1S/C13H17N5O/c1-13(2,8-14)9-3-5-10(6-4-9)16-12(19)11-7-15-18-17-11/h3-7H,8,14H2,1-2H3,(H,16,19)(H,15,17,18). The van der Waals surface area contributed by atoms with Gasteiger partial charge in [-0.3, -0.25) is 4.79 Å². The van der Waals surface area contributed by atoms with Gasteiger partial charge in [-0.15, -0.1) is 0 Å². The summed E-state index contributed by atoms with van der Waals surface area (Å²) in [6.07, 6.45) is 1.38. The predicted octanol–water partition coefficient (Wildman–Crippen LogP) is 1.29. The summed E-state index contributed by atoms with van der Waals surface area (Å²) >= 11 is 0. The minimum absolute atomic E-state index is 0.0747. The summed E-state index contributed by atoms with van der Waals surface area (Å²) in [4.78, 5) is 11.8. The van der Waals surface area contributed by atoms with Crippen LogP contribution in [0.1, 0.15) is 29.9 Å². The van der Waals surface area contributed by atoms with Crippen molar-refractivity contribution in [1.29, 1.82) is 0 Å². The fraction of sp³-hybridized carbons (Fsp3) is 0.308. The Balaban J connectivity index is 2.09. The van der Waals surface area contributed by atoms with E-state index in [9.17, 15) is 4.79 Å². The molecule has 0 bridgehead atoms. The van der Waals surface area contributed by atoms with Crippen molar-refractivity contribution >= 4 is 11.6 Å². The lowest BCUT2D eigenvalue weighted by Gasteiger charge is -2.23. The number of amides is 1. The van der Waals surface area contributed by atoms with Crippen LogP contribution in [0, 0.1) is 0 Å². The number of nitrogens with one attached hydrogen (secondary N) is 2. The van der Waals surface area contributed by atoms with E-state index in [4.69, 9.17) is 5.73 Å². The van der Waals surface area contributed by atoms with Gasteiger partial charge in [0.1, 0.15) is 0 Å². The van der Waals surface area contributed by atoms with E-state index < -0.39 is 0 Å². The topological polar surface area (TPSA) is 96.7 Å². The molecule has 1 aromatic heterocycles. The van der Waals surface area contributed by atoms with Crippen LogP contribution in [0.25, 0.3) is 0 Å². The predicted molar refractivity (Wildman–Crippen MR) is 72.9 cm³/mol. The fourth-order valence-corrected chi connectivity index (χ4v) is 1.63. The average molecular weight is 259 g/mol. The van der Waals surface area contributed by atoms with Crippen molar-refractivity contribution < 1.29 is 4.79 Å². The maximum atomic E-state index is 11.8. The van der Waals surface area contributed by atoms with Crippen LogP contribution >= 0.6 is 0 Å². The van der Waals surface area contributed by atoms with E-state index in [2.05, 4.69) is 34.6 Å². The van der Waals surface area contributed by atoms with Crippen molar-refractivity contribution in [3.63, 3.8) is 0 Å². The Labute approximate surface area is 111 Å². The Morgan fingerprint density at radius 3 is 2.58 bits per heavy atom. The van der Waals surface area contributed by atoms with Crippen LogP contribution in [0.3, 0.4) is 0 Å². The zero-order valence-corrected chi connectivity index (χ0v) is 11.0. The van der Waals surface area contributed by atoms with Gasteiger partial charge in [-0.25, -0.2) is 0 Å². The average Bonchev–Trinajstić information content (AvgIpc) is 2.93. The molecule has 0 unspecified atom stereocenters. The van der Waals surface area contributed by atoms with Gasteiger partial charge >= 0.3 is 0 Å².